The molecule has 2 aromatic carbocycles. The number of likely N-dealkylation sites (tertiary alicyclic amines) is 1. The van der Waals surface area contributed by atoms with Gasteiger partial charge in [-0.25, -0.2) is 0 Å². The summed E-state index contributed by atoms with van der Waals surface area (Å²) >= 11 is 12.3. The molecular formula is C25H29Cl2N3O3. The van der Waals surface area contributed by atoms with Gasteiger partial charge in [-0.15, -0.1) is 0 Å². The summed E-state index contributed by atoms with van der Waals surface area (Å²) in [6.45, 7) is 6.50. The minimum Gasteiger partial charge on any atom is -0.376 e. The maximum absolute atomic E-state index is 13.1. The predicted molar refractivity (Wildman–Crippen MR) is 130 cm³/mol. The van der Waals surface area contributed by atoms with Gasteiger partial charge >= 0.3 is 0 Å². The highest BCUT2D eigenvalue weighted by atomic mass is 35.5. The minimum absolute atomic E-state index is 0.147. The Balaban J connectivity index is 1.36. The van der Waals surface area contributed by atoms with E-state index in [0.717, 1.165) is 38.2 Å². The van der Waals surface area contributed by atoms with Crippen LogP contribution >= 0.6 is 23.2 Å². The van der Waals surface area contributed by atoms with Crippen molar-refractivity contribution in [2.24, 2.45) is 0 Å². The van der Waals surface area contributed by atoms with Crippen molar-refractivity contribution in [3.8, 4) is 0 Å². The highest BCUT2D eigenvalue weighted by Crippen LogP contribution is 2.26. The van der Waals surface area contributed by atoms with Gasteiger partial charge in [0.05, 0.1) is 23.3 Å². The van der Waals surface area contributed by atoms with E-state index < -0.39 is 6.04 Å². The molecule has 2 saturated heterocycles. The van der Waals surface area contributed by atoms with Crippen LogP contribution in [0.1, 0.15) is 41.3 Å². The number of morpholine rings is 1. The Morgan fingerprint density at radius 1 is 1.12 bits per heavy atom. The second-order valence-electron chi connectivity index (χ2n) is 8.74. The van der Waals surface area contributed by atoms with Crippen molar-refractivity contribution < 1.29 is 14.3 Å². The van der Waals surface area contributed by atoms with E-state index in [1.807, 2.05) is 12.1 Å². The van der Waals surface area contributed by atoms with E-state index in [1.165, 1.54) is 5.56 Å². The summed E-state index contributed by atoms with van der Waals surface area (Å²) in [5.74, 6) is -0.409. The Labute approximate surface area is 204 Å². The van der Waals surface area contributed by atoms with Crippen molar-refractivity contribution in [1.29, 1.82) is 0 Å². The van der Waals surface area contributed by atoms with Gasteiger partial charge in [-0.2, -0.15) is 0 Å². The number of nitrogens with zero attached hydrogens (tertiary/aromatic N) is 2. The molecule has 2 heterocycles. The van der Waals surface area contributed by atoms with Gasteiger partial charge in [0, 0.05) is 37.7 Å². The van der Waals surface area contributed by atoms with Crippen LogP contribution in [0.4, 0.5) is 0 Å². The van der Waals surface area contributed by atoms with Gasteiger partial charge in [-0.3, -0.25) is 14.5 Å². The van der Waals surface area contributed by atoms with Crippen molar-refractivity contribution >= 4 is 35.0 Å². The number of carbonyl (C=O) groups is 2. The zero-order valence-electron chi connectivity index (χ0n) is 18.7. The van der Waals surface area contributed by atoms with E-state index in [1.54, 1.807) is 23.1 Å². The van der Waals surface area contributed by atoms with Crippen LogP contribution in [0.3, 0.4) is 0 Å². The van der Waals surface area contributed by atoms with E-state index in [0.29, 0.717) is 35.1 Å². The molecular weight excluding hydrogens is 461 g/mol. The minimum atomic E-state index is -0.509. The molecule has 2 aliphatic rings. The van der Waals surface area contributed by atoms with Crippen LogP contribution in [-0.2, 0) is 22.6 Å². The fraction of sp³-hybridized carbons (Fsp3) is 0.440. The number of carbonyl (C=O) groups excluding carboxylic acids is 2. The fourth-order valence-electron chi connectivity index (χ4n) is 4.54. The fourth-order valence-corrected chi connectivity index (χ4v) is 4.91. The topological polar surface area (TPSA) is 61.9 Å². The molecule has 4 rings (SSSR count). The normalized spacial score (nSPS) is 21.2. The third-order valence-corrected chi connectivity index (χ3v) is 6.73. The van der Waals surface area contributed by atoms with E-state index in [2.05, 4.69) is 29.3 Å². The lowest BCUT2D eigenvalue weighted by molar-refractivity contribution is -0.125. The van der Waals surface area contributed by atoms with Gasteiger partial charge in [0.15, 0.2) is 0 Å². The number of rotatable bonds is 6. The van der Waals surface area contributed by atoms with Crippen molar-refractivity contribution in [1.82, 2.24) is 15.1 Å². The van der Waals surface area contributed by atoms with Crippen LogP contribution in [0.15, 0.2) is 42.5 Å². The van der Waals surface area contributed by atoms with Crippen molar-refractivity contribution in [2.75, 3.05) is 26.2 Å². The van der Waals surface area contributed by atoms with E-state index in [9.17, 15) is 9.59 Å². The first-order chi connectivity index (χ1) is 15.9. The summed E-state index contributed by atoms with van der Waals surface area (Å²) in [7, 11) is 0. The second-order valence-corrected chi connectivity index (χ2v) is 9.58. The molecule has 6 nitrogen and oxygen atoms in total. The molecule has 0 saturated carbocycles. The quantitative estimate of drug-likeness (QED) is 0.662. The molecule has 2 atom stereocenters. The lowest BCUT2D eigenvalue weighted by Crippen LogP contribution is -2.45. The molecule has 33 heavy (non-hydrogen) atoms. The highest BCUT2D eigenvalue weighted by Gasteiger charge is 2.35. The molecule has 176 valence electrons. The van der Waals surface area contributed by atoms with Crippen LogP contribution in [0, 0.1) is 0 Å². The van der Waals surface area contributed by atoms with Crippen LogP contribution in [0.25, 0.3) is 0 Å². The molecule has 0 bridgehead atoms. The van der Waals surface area contributed by atoms with E-state index >= 15 is 0 Å². The monoisotopic (exact) mass is 489 g/mol. The first-order valence-electron chi connectivity index (χ1n) is 11.4. The molecule has 2 unspecified atom stereocenters. The lowest BCUT2D eigenvalue weighted by atomic mass is 10.1. The summed E-state index contributed by atoms with van der Waals surface area (Å²) in [5, 5.41) is 3.79. The maximum Gasteiger partial charge on any atom is 0.256 e. The third-order valence-electron chi connectivity index (χ3n) is 6.16. The number of hydrogen-bond acceptors (Lipinski definition) is 4. The molecule has 0 aromatic heterocycles. The van der Waals surface area contributed by atoms with Crippen LogP contribution in [0.2, 0.25) is 10.0 Å². The molecule has 2 amide bonds. The van der Waals surface area contributed by atoms with Crippen molar-refractivity contribution in [3.63, 3.8) is 0 Å². The molecule has 1 N–H and O–H groups in total. The molecule has 2 aliphatic heterocycles. The van der Waals surface area contributed by atoms with Crippen molar-refractivity contribution in [2.45, 2.75) is 45.0 Å². The molecule has 0 aliphatic carbocycles. The molecule has 8 heteroatoms. The predicted octanol–water partition coefficient (Wildman–Crippen LogP) is 4.14. The number of benzene rings is 2. The van der Waals surface area contributed by atoms with Gasteiger partial charge in [-0.1, -0.05) is 47.5 Å². The Hall–Kier alpha value is -2.12. The average molecular weight is 490 g/mol. The zero-order chi connectivity index (χ0) is 23.4. The maximum atomic E-state index is 13.1. The Morgan fingerprint density at radius 3 is 2.76 bits per heavy atom. The van der Waals surface area contributed by atoms with Gasteiger partial charge < -0.3 is 15.0 Å². The number of nitrogens with one attached hydrogen (secondary N) is 1. The third kappa shape index (κ3) is 6.07. The Bertz CT molecular complexity index is 1020. The summed E-state index contributed by atoms with van der Waals surface area (Å²) in [6, 6.07) is 12.6. The SMILES string of the molecule is CC1CN(Cc2cccc(CNC(=O)C3CCCN3C(=O)c3cc(Cl)ccc3Cl)c2)CCO1. The molecule has 2 fully saturated rings. The number of amides is 2. The number of halogens is 2. The van der Waals surface area contributed by atoms with Gasteiger partial charge in [-0.05, 0) is 49.1 Å². The summed E-state index contributed by atoms with van der Waals surface area (Å²) < 4.78 is 5.62. The Morgan fingerprint density at radius 2 is 1.94 bits per heavy atom. The Kier molecular flexibility index (Phi) is 7.91. The van der Waals surface area contributed by atoms with Gasteiger partial charge in [0.1, 0.15) is 6.04 Å². The lowest BCUT2D eigenvalue weighted by Gasteiger charge is -2.31. The van der Waals surface area contributed by atoms with Crippen molar-refractivity contribution in [3.05, 3.63) is 69.2 Å². The first-order valence-corrected chi connectivity index (χ1v) is 12.1. The number of hydrogen-bond donors (Lipinski definition) is 1. The van der Waals surface area contributed by atoms with E-state index in [4.69, 9.17) is 27.9 Å². The smallest absolute Gasteiger partial charge is 0.256 e. The largest absolute Gasteiger partial charge is 0.376 e. The van der Waals surface area contributed by atoms with Gasteiger partial charge in [0.2, 0.25) is 5.91 Å². The van der Waals surface area contributed by atoms with E-state index in [-0.39, 0.29) is 17.9 Å². The molecule has 2 aromatic rings. The standard InChI is InChI=1S/C25H29Cl2N3O3/c1-17-15-29(10-11-33-17)16-19-5-2-4-18(12-19)14-28-24(31)23-6-3-9-30(23)25(32)21-13-20(26)7-8-22(21)27/h2,4-5,7-8,12-13,17,23H,3,6,9-11,14-16H2,1H3,(H,28,31). The highest BCUT2D eigenvalue weighted by molar-refractivity contribution is 6.35. The summed E-state index contributed by atoms with van der Waals surface area (Å²) in [6.07, 6.45) is 1.65. The molecule has 0 spiro atoms. The zero-order valence-corrected chi connectivity index (χ0v) is 20.2. The van der Waals surface area contributed by atoms with Crippen LogP contribution in [0.5, 0.6) is 0 Å². The summed E-state index contributed by atoms with van der Waals surface area (Å²) in [4.78, 5) is 30.0. The van der Waals surface area contributed by atoms with Crippen LogP contribution < -0.4 is 5.32 Å². The second kappa shape index (κ2) is 10.9. The number of ether oxygens (including phenoxy) is 1. The average Bonchev–Trinajstić information content (AvgIpc) is 3.29. The summed E-state index contributed by atoms with van der Waals surface area (Å²) in [5.41, 5.74) is 2.58. The van der Waals surface area contributed by atoms with Crippen LogP contribution in [-0.4, -0.2) is 60.0 Å². The van der Waals surface area contributed by atoms with Gasteiger partial charge in [0.25, 0.3) is 5.91 Å². The molecule has 0 radical (unpaired) electrons. The first kappa shape index (κ1) is 24.0.